The van der Waals surface area contributed by atoms with Gasteiger partial charge in [-0.1, -0.05) is 151 Å². The van der Waals surface area contributed by atoms with Crippen molar-refractivity contribution in [2.75, 3.05) is 66.1 Å². The van der Waals surface area contributed by atoms with E-state index in [0.29, 0.717) is 115 Å². The van der Waals surface area contributed by atoms with Crippen molar-refractivity contribution in [2.45, 2.75) is 105 Å². The van der Waals surface area contributed by atoms with E-state index in [1.54, 1.807) is 0 Å². The van der Waals surface area contributed by atoms with Crippen molar-refractivity contribution in [1.29, 1.82) is 0 Å². The van der Waals surface area contributed by atoms with Gasteiger partial charge in [0.2, 0.25) is 0 Å². The summed E-state index contributed by atoms with van der Waals surface area (Å²) in [6, 6.07) is 34.2. The zero-order chi connectivity index (χ0) is 45.8. The van der Waals surface area contributed by atoms with Crippen molar-refractivity contribution in [3.63, 3.8) is 0 Å². The minimum Gasteiger partial charge on any atom is -0.493 e. The first kappa shape index (κ1) is 48.7. The van der Waals surface area contributed by atoms with Crippen LogP contribution in [0.5, 0.6) is 34.5 Å². The van der Waals surface area contributed by atoms with E-state index in [1.807, 2.05) is 24.3 Å². The smallest absolute Gasteiger partial charge is 0.161 e. The predicted octanol–water partition coefficient (Wildman–Crippen LogP) is 12.8. The average molecular weight is 899 g/mol. The molecule has 0 spiro atoms. The SMILES string of the molecule is CCCCC(CC)COc1c2cccc1Cc1cccc3c1OCCOCCOc1ccccc1OCCOCCOc1c(cccc1Cc1cccc(c1OC[C@@H](CC)CCCC)C3)C2. The quantitative estimate of drug-likeness (QED) is 0.100. The molecule has 3 aliphatic rings. The number of para-hydroxylation sites is 6. The highest BCUT2D eigenvalue weighted by molar-refractivity contribution is 5.56. The summed E-state index contributed by atoms with van der Waals surface area (Å²) in [4.78, 5) is 0. The third-order valence-electron chi connectivity index (χ3n) is 13.0. The molecule has 0 amide bonds. The highest BCUT2D eigenvalue weighted by Gasteiger charge is 2.23. The molecule has 0 saturated carbocycles. The second kappa shape index (κ2) is 26.2. The van der Waals surface area contributed by atoms with E-state index in [0.717, 1.165) is 93.2 Å². The number of unbranched alkanes of at least 4 members (excludes halogenated alkanes) is 2. The van der Waals surface area contributed by atoms with Crippen LogP contribution >= 0.6 is 0 Å². The highest BCUT2D eigenvalue weighted by atomic mass is 16.6. The number of benzene rings is 5. The van der Waals surface area contributed by atoms with Gasteiger partial charge in [-0.2, -0.15) is 0 Å². The molecule has 2 aliphatic heterocycles. The Balaban J connectivity index is 1.33. The Bertz CT molecular complexity index is 1990. The summed E-state index contributed by atoms with van der Waals surface area (Å²) < 4.78 is 52.3. The van der Waals surface area contributed by atoms with E-state index in [9.17, 15) is 0 Å². The molecular weight excluding hydrogens is 825 g/mol. The van der Waals surface area contributed by atoms with E-state index in [4.69, 9.17) is 37.9 Å². The zero-order valence-corrected chi connectivity index (χ0v) is 40.2. The molecule has 0 saturated heterocycles. The number of hydrogen-bond acceptors (Lipinski definition) is 8. The molecule has 0 fully saturated rings. The number of hydrogen-bond donors (Lipinski definition) is 0. The summed E-state index contributed by atoms with van der Waals surface area (Å²) in [6.07, 6.45) is 11.8. The van der Waals surface area contributed by atoms with Gasteiger partial charge in [0.05, 0.1) is 39.6 Å². The van der Waals surface area contributed by atoms with Crippen molar-refractivity contribution in [3.05, 3.63) is 142 Å². The Labute approximate surface area is 395 Å². The number of ether oxygens (including phenoxy) is 8. The van der Waals surface area contributed by atoms with Crippen LogP contribution in [0.1, 0.15) is 124 Å². The topological polar surface area (TPSA) is 73.8 Å². The summed E-state index contributed by atoms with van der Waals surface area (Å²) in [5.41, 5.74) is 9.02. The van der Waals surface area contributed by atoms with Gasteiger partial charge in [-0.05, 0) is 81.3 Å². The second-order valence-electron chi connectivity index (χ2n) is 17.8. The monoisotopic (exact) mass is 899 g/mol. The third-order valence-corrected chi connectivity index (χ3v) is 13.0. The highest BCUT2D eigenvalue weighted by Crippen LogP contribution is 2.39. The van der Waals surface area contributed by atoms with Crippen LogP contribution in [0.2, 0.25) is 0 Å². The molecule has 354 valence electrons. The molecule has 0 radical (unpaired) electrons. The van der Waals surface area contributed by atoms with Crippen molar-refractivity contribution in [2.24, 2.45) is 11.8 Å². The second-order valence-corrected chi connectivity index (χ2v) is 17.8. The average Bonchev–Trinajstić information content (AvgIpc) is 3.33. The lowest BCUT2D eigenvalue weighted by atomic mass is 9.91. The minimum absolute atomic E-state index is 0.381. The van der Waals surface area contributed by atoms with E-state index >= 15 is 0 Å². The van der Waals surface area contributed by atoms with Crippen LogP contribution in [-0.4, -0.2) is 66.1 Å². The molecule has 0 N–H and O–H groups in total. The van der Waals surface area contributed by atoms with Gasteiger partial charge < -0.3 is 37.9 Å². The summed E-state index contributed by atoms with van der Waals surface area (Å²) in [5, 5.41) is 0. The van der Waals surface area contributed by atoms with E-state index in [-0.39, 0.29) is 0 Å². The molecular formula is C58H74O8. The maximum absolute atomic E-state index is 7.06. The lowest BCUT2D eigenvalue weighted by molar-refractivity contribution is 0.0695. The molecule has 1 aliphatic carbocycles. The van der Waals surface area contributed by atoms with Crippen LogP contribution in [0.15, 0.2) is 97.1 Å². The summed E-state index contributed by atoms with van der Waals surface area (Å²) in [6.45, 7) is 13.6. The van der Waals surface area contributed by atoms with Crippen LogP contribution in [-0.2, 0) is 35.2 Å². The number of rotatable bonds is 14. The van der Waals surface area contributed by atoms with Gasteiger partial charge in [0.15, 0.2) is 11.5 Å². The van der Waals surface area contributed by atoms with Crippen molar-refractivity contribution < 1.29 is 37.9 Å². The van der Waals surface area contributed by atoms with Gasteiger partial charge in [0.25, 0.3) is 0 Å². The summed E-state index contributed by atoms with van der Waals surface area (Å²) in [5.74, 6) is 6.01. The van der Waals surface area contributed by atoms with Crippen LogP contribution in [0.25, 0.3) is 0 Å². The molecule has 8 nitrogen and oxygen atoms in total. The van der Waals surface area contributed by atoms with Crippen LogP contribution < -0.4 is 28.4 Å². The Hall–Kier alpha value is -5.18. The maximum Gasteiger partial charge on any atom is 0.161 e. The molecule has 8 heteroatoms. The van der Waals surface area contributed by atoms with Gasteiger partial charge in [-0.3, -0.25) is 0 Å². The van der Waals surface area contributed by atoms with Gasteiger partial charge in [-0.15, -0.1) is 0 Å². The minimum atomic E-state index is 0.381. The molecule has 5 aromatic rings. The Morgan fingerprint density at radius 3 is 1.06 bits per heavy atom. The Kier molecular flexibility index (Phi) is 19.4. The van der Waals surface area contributed by atoms with Crippen molar-refractivity contribution in [1.82, 2.24) is 0 Å². The largest absolute Gasteiger partial charge is 0.493 e. The zero-order valence-electron chi connectivity index (χ0n) is 40.2. The van der Waals surface area contributed by atoms with Crippen LogP contribution in [0.4, 0.5) is 0 Å². The number of fused-ring (bicyclic) bond motifs is 12. The maximum atomic E-state index is 7.06. The fraction of sp³-hybridized carbons (Fsp3) is 0.483. The third kappa shape index (κ3) is 13.7. The lowest BCUT2D eigenvalue weighted by Gasteiger charge is -2.24. The molecule has 2 atom stereocenters. The summed E-state index contributed by atoms with van der Waals surface area (Å²) in [7, 11) is 0. The lowest BCUT2D eigenvalue weighted by Crippen LogP contribution is -2.16. The fourth-order valence-corrected chi connectivity index (χ4v) is 9.15. The van der Waals surface area contributed by atoms with Gasteiger partial charge in [0, 0.05) is 25.7 Å². The molecule has 2 heterocycles. The van der Waals surface area contributed by atoms with Gasteiger partial charge >= 0.3 is 0 Å². The Morgan fingerprint density at radius 2 is 0.727 bits per heavy atom. The molecule has 0 aromatic heterocycles. The first-order valence-electron chi connectivity index (χ1n) is 25.0. The van der Waals surface area contributed by atoms with E-state index < -0.39 is 0 Å². The fourth-order valence-electron chi connectivity index (χ4n) is 9.15. The summed E-state index contributed by atoms with van der Waals surface area (Å²) >= 11 is 0. The van der Waals surface area contributed by atoms with Crippen LogP contribution in [0, 0.1) is 11.8 Å². The van der Waals surface area contributed by atoms with Crippen LogP contribution in [0.3, 0.4) is 0 Å². The molecule has 8 rings (SSSR count). The normalized spacial score (nSPS) is 15.7. The van der Waals surface area contributed by atoms with Gasteiger partial charge in [0.1, 0.15) is 49.4 Å². The molecule has 10 bridgehead atoms. The molecule has 1 unspecified atom stereocenters. The first-order chi connectivity index (χ1) is 32.6. The molecule has 66 heavy (non-hydrogen) atoms. The van der Waals surface area contributed by atoms with Gasteiger partial charge in [-0.25, -0.2) is 0 Å². The van der Waals surface area contributed by atoms with Crippen molar-refractivity contribution in [3.8, 4) is 34.5 Å². The predicted molar refractivity (Wildman–Crippen MR) is 265 cm³/mol. The Morgan fingerprint density at radius 1 is 0.394 bits per heavy atom. The molecule has 5 aromatic carbocycles. The standard InChI is InChI=1S/C58H74O8/c1-5-9-17-43(7-3)41-65-57-49-23-15-24-50(57)38-46-20-14-22-48-40-52-26-16-25-51(58(52)66-42-44(8-4)18-10-6-2)39-47-21-13-19-45(37-49)55(47)63-35-31-59-29-33-61-53-27-11-12-28-54(53)62-34-30-60-32-36-64-56(46)48/h11-16,19-28,43-44H,5-10,17-18,29-42H2,1-4H3/t43-,44?/m0/s1. The van der Waals surface area contributed by atoms with Crippen molar-refractivity contribution >= 4 is 0 Å². The van der Waals surface area contributed by atoms with E-state index in [2.05, 4.69) is 100 Å². The van der Waals surface area contributed by atoms with E-state index in [1.165, 1.54) is 25.7 Å². The first-order valence-corrected chi connectivity index (χ1v) is 25.0.